The Morgan fingerprint density at radius 2 is 2.04 bits per heavy atom. The first-order valence-electron chi connectivity index (χ1n) is 8.46. The van der Waals surface area contributed by atoms with E-state index in [2.05, 4.69) is 20.6 Å². The van der Waals surface area contributed by atoms with E-state index in [1.807, 2.05) is 18.4 Å². The van der Waals surface area contributed by atoms with Gasteiger partial charge in [-0.25, -0.2) is 9.67 Å². The minimum absolute atomic E-state index is 0.322. The third kappa shape index (κ3) is 3.03. The molecule has 3 rings (SSSR count). The predicted molar refractivity (Wildman–Crippen MR) is 96.9 cm³/mol. The van der Waals surface area contributed by atoms with E-state index in [1.54, 1.807) is 25.2 Å². The fraction of sp³-hybridized carbons (Fsp3) is 0.353. The van der Waals surface area contributed by atoms with Crippen LogP contribution in [-0.4, -0.2) is 36.4 Å². The predicted octanol–water partition coefficient (Wildman–Crippen LogP) is 1.49. The number of amides is 2. The molecular weight excluding hydrogens is 334 g/mol. The van der Waals surface area contributed by atoms with Gasteiger partial charge in [-0.1, -0.05) is 19.1 Å². The molecule has 2 aromatic heterocycles. The van der Waals surface area contributed by atoms with Crippen LogP contribution in [0.1, 0.15) is 46.8 Å². The molecule has 0 aliphatic rings. The second-order valence-electron chi connectivity index (χ2n) is 5.97. The summed E-state index contributed by atoms with van der Waals surface area (Å²) < 4.78 is 3.36. The van der Waals surface area contributed by atoms with Crippen LogP contribution in [0, 0.1) is 0 Å². The quantitative estimate of drug-likeness (QED) is 0.694. The summed E-state index contributed by atoms with van der Waals surface area (Å²) in [5.41, 5.74) is 8.17. The molecule has 0 fully saturated rings. The van der Waals surface area contributed by atoms with Gasteiger partial charge in [-0.2, -0.15) is 0 Å². The summed E-state index contributed by atoms with van der Waals surface area (Å²) in [4.78, 5) is 28.6. The molecule has 0 saturated carbocycles. The molecule has 3 aromatic rings. The Morgan fingerprint density at radius 1 is 1.27 bits per heavy atom. The maximum atomic E-state index is 12.7. The lowest BCUT2D eigenvalue weighted by Gasteiger charge is -2.09. The first-order chi connectivity index (χ1) is 12.5. The lowest BCUT2D eigenvalue weighted by atomic mass is 10.2. The molecule has 136 valence electrons. The number of rotatable bonds is 6. The summed E-state index contributed by atoms with van der Waals surface area (Å²) in [6, 6.07) is 5.07. The maximum absolute atomic E-state index is 12.7. The standard InChI is InChI=1S/C17H21N7O2/c1-4-8-24-13-7-6-10(15(18)25)9-12(13)19-17(24)20-16(26)14-11(5-2)21-22-23(14)3/h6-7,9H,4-5,8H2,1-3H3,(H2,18,25)(H,19,20,26). The molecule has 2 heterocycles. The van der Waals surface area contributed by atoms with E-state index in [4.69, 9.17) is 5.73 Å². The number of aryl methyl sites for hydroxylation is 3. The highest BCUT2D eigenvalue weighted by Gasteiger charge is 2.20. The number of primary amides is 1. The Kier molecular flexibility index (Phi) is 4.70. The van der Waals surface area contributed by atoms with Crippen LogP contribution in [0.5, 0.6) is 0 Å². The Bertz CT molecular complexity index is 987. The summed E-state index contributed by atoms with van der Waals surface area (Å²) in [5.74, 6) is -0.426. The van der Waals surface area contributed by atoms with Crippen LogP contribution in [-0.2, 0) is 20.0 Å². The Balaban J connectivity index is 2.03. The van der Waals surface area contributed by atoms with Crippen LogP contribution in [0.4, 0.5) is 5.95 Å². The van der Waals surface area contributed by atoms with Crippen LogP contribution < -0.4 is 11.1 Å². The minimum atomic E-state index is -0.518. The molecule has 0 saturated heterocycles. The zero-order valence-electron chi connectivity index (χ0n) is 15.0. The first-order valence-corrected chi connectivity index (χ1v) is 8.46. The van der Waals surface area contributed by atoms with Crippen molar-refractivity contribution in [1.82, 2.24) is 24.5 Å². The molecule has 0 unspecified atom stereocenters. The van der Waals surface area contributed by atoms with Gasteiger partial charge in [0.15, 0.2) is 0 Å². The second-order valence-corrected chi connectivity index (χ2v) is 5.97. The van der Waals surface area contributed by atoms with Gasteiger partial charge in [0.05, 0.1) is 16.7 Å². The Hall–Kier alpha value is -3.23. The van der Waals surface area contributed by atoms with Crippen molar-refractivity contribution in [3.8, 4) is 0 Å². The number of benzene rings is 1. The molecule has 1 aromatic carbocycles. The number of anilines is 1. The fourth-order valence-corrected chi connectivity index (χ4v) is 2.91. The van der Waals surface area contributed by atoms with Gasteiger partial charge in [0.25, 0.3) is 5.91 Å². The van der Waals surface area contributed by atoms with Crippen molar-refractivity contribution in [3.63, 3.8) is 0 Å². The largest absolute Gasteiger partial charge is 0.366 e. The highest BCUT2D eigenvalue weighted by Crippen LogP contribution is 2.22. The van der Waals surface area contributed by atoms with Crippen LogP contribution >= 0.6 is 0 Å². The number of hydrogen-bond donors (Lipinski definition) is 2. The van der Waals surface area contributed by atoms with E-state index in [9.17, 15) is 9.59 Å². The number of nitrogens with zero attached hydrogens (tertiary/aromatic N) is 5. The van der Waals surface area contributed by atoms with Gasteiger partial charge in [-0.3, -0.25) is 14.9 Å². The molecule has 3 N–H and O–H groups in total. The SMILES string of the molecule is CCCn1c(NC(=O)c2c(CC)nnn2C)nc2cc(C(N)=O)ccc21. The van der Waals surface area contributed by atoms with Gasteiger partial charge in [-0.05, 0) is 31.0 Å². The average molecular weight is 355 g/mol. The summed E-state index contributed by atoms with van der Waals surface area (Å²) >= 11 is 0. The monoisotopic (exact) mass is 355 g/mol. The van der Waals surface area contributed by atoms with Crippen molar-refractivity contribution in [2.24, 2.45) is 12.8 Å². The minimum Gasteiger partial charge on any atom is -0.366 e. The summed E-state index contributed by atoms with van der Waals surface area (Å²) in [6.07, 6.45) is 1.46. The van der Waals surface area contributed by atoms with Crippen LogP contribution in [0.3, 0.4) is 0 Å². The molecule has 0 bridgehead atoms. The van der Waals surface area contributed by atoms with Crippen molar-refractivity contribution >= 4 is 28.8 Å². The Labute approximate surface area is 150 Å². The topological polar surface area (TPSA) is 121 Å². The number of carbonyl (C=O) groups excluding carboxylic acids is 2. The van der Waals surface area contributed by atoms with E-state index < -0.39 is 5.91 Å². The number of fused-ring (bicyclic) bond motifs is 1. The molecule has 0 aliphatic carbocycles. The van der Waals surface area contributed by atoms with Gasteiger partial charge in [0.1, 0.15) is 5.69 Å². The van der Waals surface area contributed by atoms with Crippen molar-refractivity contribution in [3.05, 3.63) is 35.2 Å². The summed E-state index contributed by atoms with van der Waals surface area (Å²) in [7, 11) is 1.68. The molecule has 9 heteroatoms. The van der Waals surface area contributed by atoms with Gasteiger partial charge >= 0.3 is 0 Å². The Morgan fingerprint density at radius 3 is 2.69 bits per heavy atom. The maximum Gasteiger partial charge on any atom is 0.278 e. The first kappa shape index (κ1) is 17.6. The van der Waals surface area contributed by atoms with Crippen LogP contribution in [0.15, 0.2) is 18.2 Å². The molecule has 2 amide bonds. The van der Waals surface area contributed by atoms with Crippen molar-refractivity contribution in [2.75, 3.05) is 5.32 Å². The van der Waals surface area contributed by atoms with Gasteiger partial charge in [0, 0.05) is 19.2 Å². The number of aromatic nitrogens is 5. The van der Waals surface area contributed by atoms with E-state index in [1.165, 1.54) is 4.68 Å². The second kappa shape index (κ2) is 6.95. The number of carbonyl (C=O) groups is 2. The third-order valence-corrected chi connectivity index (χ3v) is 4.15. The van der Waals surface area contributed by atoms with Crippen LogP contribution in [0.25, 0.3) is 11.0 Å². The normalized spacial score (nSPS) is 11.0. The number of imidazole rings is 1. The molecule has 0 radical (unpaired) electrons. The van der Waals surface area contributed by atoms with Crippen molar-refractivity contribution < 1.29 is 9.59 Å². The van der Waals surface area contributed by atoms with E-state index >= 15 is 0 Å². The molecule has 9 nitrogen and oxygen atoms in total. The van der Waals surface area contributed by atoms with Crippen LogP contribution in [0.2, 0.25) is 0 Å². The van der Waals surface area contributed by atoms with Gasteiger partial charge in [0.2, 0.25) is 11.9 Å². The summed E-state index contributed by atoms with van der Waals surface area (Å²) in [6.45, 7) is 4.63. The molecule has 26 heavy (non-hydrogen) atoms. The van der Waals surface area contributed by atoms with Crippen molar-refractivity contribution in [2.45, 2.75) is 33.2 Å². The van der Waals surface area contributed by atoms with E-state index in [0.717, 1.165) is 11.9 Å². The van der Waals surface area contributed by atoms with E-state index in [0.29, 0.717) is 41.4 Å². The highest BCUT2D eigenvalue weighted by molar-refractivity contribution is 6.04. The zero-order chi connectivity index (χ0) is 18.8. The molecular formula is C17H21N7O2. The highest BCUT2D eigenvalue weighted by atomic mass is 16.2. The number of nitrogens with one attached hydrogen (secondary N) is 1. The molecule has 0 spiro atoms. The zero-order valence-corrected chi connectivity index (χ0v) is 15.0. The smallest absolute Gasteiger partial charge is 0.278 e. The third-order valence-electron chi connectivity index (χ3n) is 4.15. The average Bonchev–Trinajstić information content (AvgIpc) is 3.15. The summed E-state index contributed by atoms with van der Waals surface area (Å²) in [5, 5.41) is 10.8. The van der Waals surface area contributed by atoms with Gasteiger partial charge < -0.3 is 10.3 Å². The van der Waals surface area contributed by atoms with Gasteiger partial charge in [-0.15, -0.1) is 5.10 Å². The number of hydrogen-bond acceptors (Lipinski definition) is 5. The molecule has 0 atom stereocenters. The van der Waals surface area contributed by atoms with E-state index in [-0.39, 0.29) is 5.91 Å². The fourth-order valence-electron chi connectivity index (χ4n) is 2.91. The lowest BCUT2D eigenvalue weighted by Crippen LogP contribution is -2.20. The lowest BCUT2D eigenvalue weighted by molar-refractivity contribution is 0.0996. The van der Waals surface area contributed by atoms with Crippen molar-refractivity contribution in [1.29, 1.82) is 0 Å². The number of nitrogens with two attached hydrogens (primary N) is 1. The molecule has 0 aliphatic heterocycles.